The molecule has 0 saturated carbocycles. The van der Waals surface area contributed by atoms with Gasteiger partial charge in [0.25, 0.3) is 5.91 Å². The second kappa shape index (κ2) is 11.0. The molecule has 0 bridgehead atoms. The fourth-order valence-corrected chi connectivity index (χ4v) is 3.85. The van der Waals surface area contributed by atoms with Gasteiger partial charge >= 0.3 is 5.97 Å². The summed E-state index contributed by atoms with van der Waals surface area (Å²) in [6.45, 7) is 8.54. The standard InChI is InChI=1S/C23H32N4O4/c1-4-27-21-19(8-5-11-30-12-7-10-24-22(21)28)20(26-27)9-6-13-31-23(29)18-14-16(2)25-17(3)15-18/h14-15H,4-13H2,1-3H3,(H,24,28). The molecule has 1 N–H and O–H groups in total. The first-order valence-electron chi connectivity index (χ1n) is 11.1. The van der Waals surface area contributed by atoms with Crippen LogP contribution in [0, 0.1) is 13.8 Å². The number of hydrogen-bond acceptors (Lipinski definition) is 6. The fraction of sp³-hybridized carbons (Fsp3) is 0.565. The average Bonchev–Trinajstić information content (AvgIpc) is 3.07. The minimum atomic E-state index is -0.344. The Morgan fingerprint density at radius 2 is 1.97 bits per heavy atom. The van der Waals surface area contributed by atoms with Crippen molar-refractivity contribution >= 4 is 11.9 Å². The van der Waals surface area contributed by atoms with E-state index in [0.29, 0.717) is 57.0 Å². The number of ether oxygens (including phenoxy) is 2. The van der Waals surface area contributed by atoms with Gasteiger partial charge in [-0.15, -0.1) is 0 Å². The molecule has 0 aromatic carbocycles. The van der Waals surface area contributed by atoms with E-state index in [1.165, 1.54) is 0 Å². The number of aryl methyl sites for hydroxylation is 4. The summed E-state index contributed by atoms with van der Waals surface area (Å²) in [5, 5.41) is 7.67. The van der Waals surface area contributed by atoms with Crippen LogP contribution >= 0.6 is 0 Å². The molecule has 0 aliphatic carbocycles. The highest BCUT2D eigenvalue weighted by molar-refractivity contribution is 5.94. The van der Waals surface area contributed by atoms with Gasteiger partial charge < -0.3 is 14.8 Å². The van der Waals surface area contributed by atoms with Crippen LogP contribution in [0.4, 0.5) is 0 Å². The van der Waals surface area contributed by atoms with E-state index in [4.69, 9.17) is 14.6 Å². The number of nitrogens with one attached hydrogen (secondary N) is 1. The zero-order valence-electron chi connectivity index (χ0n) is 18.7. The summed E-state index contributed by atoms with van der Waals surface area (Å²) in [6, 6.07) is 3.46. The molecular weight excluding hydrogens is 396 g/mol. The van der Waals surface area contributed by atoms with Crippen molar-refractivity contribution in [1.82, 2.24) is 20.1 Å². The first kappa shape index (κ1) is 22.9. The lowest BCUT2D eigenvalue weighted by Crippen LogP contribution is -2.28. The zero-order chi connectivity index (χ0) is 22.2. The second-order valence-corrected chi connectivity index (χ2v) is 7.79. The van der Waals surface area contributed by atoms with E-state index >= 15 is 0 Å². The molecule has 2 aromatic rings. The van der Waals surface area contributed by atoms with Gasteiger partial charge in [-0.05, 0) is 65.0 Å². The number of amides is 1. The lowest BCUT2D eigenvalue weighted by atomic mass is 10.0. The highest BCUT2D eigenvalue weighted by Gasteiger charge is 2.23. The number of fused-ring (bicyclic) bond motifs is 1. The Labute approximate surface area is 183 Å². The summed E-state index contributed by atoms with van der Waals surface area (Å²) in [6.07, 6.45) is 3.67. The predicted molar refractivity (Wildman–Crippen MR) is 116 cm³/mol. The van der Waals surface area contributed by atoms with E-state index in [-0.39, 0.29) is 11.9 Å². The Morgan fingerprint density at radius 3 is 2.71 bits per heavy atom. The Balaban J connectivity index is 1.65. The smallest absolute Gasteiger partial charge is 0.338 e. The van der Waals surface area contributed by atoms with Crippen molar-refractivity contribution in [2.24, 2.45) is 0 Å². The summed E-state index contributed by atoms with van der Waals surface area (Å²) >= 11 is 0. The summed E-state index contributed by atoms with van der Waals surface area (Å²) in [4.78, 5) is 29.4. The summed E-state index contributed by atoms with van der Waals surface area (Å²) < 4.78 is 12.9. The number of nitrogens with zero attached hydrogens (tertiary/aromatic N) is 3. The third kappa shape index (κ3) is 6.13. The Hall–Kier alpha value is -2.74. The minimum absolute atomic E-state index is 0.0765. The van der Waals surface area contributed by atoms with Gasteiger partial charge in [0.15, 0.2) is 0 Å². The normalized spacial score (nSPS) is 15.0. The van der Waals surface area contributed by atoms with Gasteiger partial charge in [-0.3, -0.25) is 14.5 Å². The third-order valence-electron chi connectivity index (χ3n) is 5.22. The van der Waals surface area contributed by atoms with E-state index in [2.05, 4.69) is 10.3 Å². The van der Waals surface area contributed by atoms with E-state index in [9.17, 15) is 9.59 Å². The van der Waals surface area contributed by atoms with Gasteiger partial charge in [0, 0.05) is 43.3 Å². The van der Waals surface area contributed by atoms with E-state index < -0.39 is 0 Å². The molecule has 3 heterocycles. The average molecular weight is 429 g/mol. The van der Waals surface area contributed by atoms with Crippen molar-refractivity contribution < 1.29 is 19.1 Å². The van der Waals surface area contributed by atoms with Crippen LogP contribution in [0.5, 0.6) is 0 Å². The van der Waals surface area contributed by atoms with Crippen LogP contribution in [0.2, 0.25) is 0 Å². The first-order valence-corrected chi connectivity index (χ1v) is 11.1. The molecule has 1 amide bonds. The van der Waals surface area contributed by atoms with Gasteiger partial charge in [0.1, 0.15) is 5.69 Å². The second-order valence-electron chi connectivity index (χ2n) is 7.79. The molecule has 0 unspecified atom stereocenters. The zero-order valence-corrected chi connectivity index (χ0v) is 18.7. The van der Waals surface area contributed by atoms with Crippen LogP contribution in [-0.4, -0.2) is 53.0 Å². The third-order valence-corrected chi connectivity index (χ3v) is 5.22. The summed E-state index contributed by atoms with van der Waals surface area (Å²) in [5.41, 5.74) is 4.64. The molecular formula is C23H32N4O4. The number of aromatic nitrogens is 3. The van der Waals surface area contributed by atoms with Gasteiger partial charge in [0.05, 0.1) is 17.9 Å². The monoisotopic (exact) mass is 428 g/mol. The lowest BCUT2D eigenvalue weighted by molar-refractivity contribution is 0.0499. The summed E-state index contributed by atoms with van der Waals surface area (Å²) in [7, 11) is 0. The number of carbonyl (C=O) groups is 2. The highest BCUT2D eigenvalue weighted by atomic mass is 16.5. The Morgan fingerprint density at radius 1 is 1.23 bits per heavy atom. The van der Waals surface area contributed by atoms with Crippen LogP contribution in [0.15, 0.2) is 12.1 Å². The van der Waals surface area contributed by atoms with Gasteiger partial charge in [-0.1, -0.05) is 0 Å². The largest absolute Gasteiger partial charge is 0.462 e. The van der Waals surface area contributed by atoms with Crippen molar-refractivity contribution in [2.75, 3.05) is 26.4 Å². The predicted octanol–water partition coefficient (Wildman–Crippen LogP) is 2.79. The van der Waals surface area contributed by atoms with Gasteiger partial charge in [-0.25, -0.2) is 4.79 Å². The molecule has 31 heavy (non-hydrogen) atoms. The Kier molecular flexibility index (Phi) is 8.17. The first-order chi connectivity index (χ1) is 15.0. The van der Waals surface area contributed by atoms with Crippen LogP contribution in [-0.2, 0) is 28.9 Å². The summed E-state index contributed by atoms with van der Waals surface area (Å²) in [5.74, 6) is -0.420. The Bertz CT molecular complexity index is 902. The molecule has 0 radical (unpaired) electrons. The fourth-order valence-electron chi connectivity index (χ4n) is 3.85. The topological polar surface area (TPSA) is 95.3 Å². The number of esters is 1. The number of pyridine rings is 1. The number of hydrogen-bond donors (Lipinski definition) is 1. The molecule has 1 aliphatic heterocycles. The quantitative estimate of drug-likeness (QED) is 0.562. The molecule has 8 nitrogen and oxygen atoms in total. The minimum Gasteiger partial charge on any atom is -0.462 e. The molecule has 0 spiro atoms. The van der Waals surface area contributed by atoms with Crippen LogP contribution in [0.3, 0.4) is 0 Å². The molecule has 3 rings (SSSR count). The van der Waals surface area contributed by atoms with Crippen molar-refractivity contribution in [1.29, 1.82) is 0 Å². The van der Waals surface area contributed by atoms with E-state index in [0.717, 1.165) is 41.9 Å². The van der Waals surface area contributed by atoms with E-state index in [1.807, 2.05) is 20.8 Å². The maximum absolute atomic E-state index is 12.8. The van der Waals surface area contributed by atoms with Crippen LogP contribution < -0.4 is 5.32 Å². The van der Waals surface area contributed by atoms with Crippen LogP contribution in [0.1, 0.15) is 69.7 Å². The van der Waals surface area contributed by atoms with Crippen LogP contribution in [0.25, 0.3) is 0 Å². The SMILES string of the molecule is CCn1nc(CCCOC(=O)c2cc(C)nc(C)c2)c2c1C(=O)NCCCOCCC2. The van der Waals surface area contributed by atoms with Gasteiger partial charge in [0.2, 0.25) is 0 Å². The maximum Gasteiger partial charge on any atom is 0.338 e. The molecule has 2 aromatic heterocycles. The molecule has 1 aliphatic rings. The highest BCUT2D eigenvalue weighted by Crippen LogP contribution is 2.20. The molecule has 168 valence electrons. The molecule has 0 atom stereocenters. The van der Waals surface area contributed by atoms with Crippen molar-refractivity contribution in [3.63, 3.8) is 0 Å². The molecule has 8 heteroatoms. The van der Waals surface area contributed by atoms with Gasteiger partial charge in [-0.2, -0.15) is 5.10 Å². The van der Waals surface area contributed by atoms with Crippen molar-refractivity contribution in [3.05, 3.63) is 46.0 Å². The number of carbonyl (C=O) groups excluding carboxylic acids is 2. The lowest BCUT2D eigenvalue weighted by Gasteiger charge is -2.08. The molecule has 0 saturated heterocycles. The van der Waals surface area contributed by atoms with Crippen molar-refractivity contribution in [2.45, 2.75) is 59.4 Å². The molecule has 0 fully saturated rings. The van der Waals surface area contributed by atoms with E-state index in [1.54, 1.807) is 16.8 Å². The van der Waals surface area contributed by atoms with Crippen molar-refractivity contribution in [3.8, 4) is 0 Å². The maximum atomic E-state index is 12.8. The number of rotatable bonds is 6.